The molecular formula is C26H29NO2S. The second-order valence-corrected chi connectivity index (χ2v) is 8.95. The van der Waals surface area contributed by atoms with Gasteiger partial charge in [0, 0.05) is 28.7 Å². The minimum Gasteiger partial charge on any atom is -0.489 e. The molecule has 0 saturated heterocycles. The van der Waals surface area contributed by atoms with Crippen LogP contribution in [0.3, 0.4) is 0 Å². The Balaban J connectivity index is 1.32. The van der Waals surface area contributed by atoms with Crippen molar-refractivity contribution in [2.45, 2.75) is 36.9 Å². The van der Waals surface area contributed by atoms with Gasteiger partial charge in [0.15, 0.2) is 0 Å². The van der Waals surface area contributed by atoms with E-state index in [1.807, 2.05) is 6.07 Å². The van der Waals surface area contributed by atoms with Crippen molar-refractivity contribution in [2.75, 3.05) is 18.8 Å². The first-order valence-corrected chi connectivity index (χ1v) is 11.6. The highest BCUT2D eigenvalue weighted by molar-refractivity contribution is 7.99. The van der Waals surface area contributed by atoms with E-state index in [1.54, 1.807) is 11.8 Å². The third kappa shape index (κ3) is 5.25. The molecule has 30 heavy (non-hydrogen) atoms. The van der Waals surface area contributed by atoms with Crippen LogP contribution in [0.5, 0.6) is 5.75 Å². The second kappa shape index (κ2) is 10.2. The number of aliphatic hydroxyl groups is 1. The van der Waals surface area contributed by atoms with Gasteiger partial charge in [-0.2, -0.15) is 0 Å². The summed E-state index contributed by atoms with van der Waals surface area (Å²) in [6, 6.07) is 25.3. The summed E-state index contributed by atoms with van der Waals surface area (Å²) >= 11 is 1.71. The molecule has 0 spiro atoms. The van der Waals surface area contributed by atoms with E-state index in [0.29, 0.717) is 24.8 Å². The van der Waals surface area contributed by atoms with Crippen LogP contribution in [-0.4, -0.2) is 30.1 Å². The zero-order valence-corrected chi connectivity index (χ0v) is 18.2. The largest absolute Gasteiger partial charge is 0.489 e. The Morgan fingerprint density at radius 2 is 1.83 bits per heavy atom. The van der Waals surface area contributed by atoms with Crippen LogP contribution in [0.2, 0.25) is 0 Å². The van der Waals surface area contributed by atoms with Crippen LogP contribution < -0.4 is 10.1 Å². The molecule has 2 atom stereocenters. The van der Waals surface area contributed by atoms with E-state index < -0.39 is 0 Å². The van der Waals surface area contributed by atoms with Gasteiger partial charge in [0.2, 0.25) is 0 Å². The lowest BCUT2D eigenvalue weighted by molar-refractivity contribution is 0.195. The molecule has 156 valence electrons. The Bertz CT molecular complexity index is 927. The number of rotatable bonds is 8. The van der Waals surface area contributed by atoms with Gasteiger partial charge in [0.25, 0.3) is 0 Å². The van der Waals surface area contributed by atoms with E-state index in [4.69, 9.17) is 4.74 Å². The summed E-state index contributed by atoms with van der Waals surface area (Å²) in [4.78, 5) is 1.21. The van der Waals surface area contributed by atoms with Crippen molar-refractivity contribution in [3.63, 3.8) is 0 Å². The van der Waals surface area contributed by atoms with Gasteiger partial charge in [-0.15, -0.1) is 11.8 Å². The van der Waals surface area contributed by atoms with Crippen LogP contribution in [0.25, 0.3) is 0 Å². The fraction of sp³-hybridized carbons (Fsp3) is 0.308. The first-order chi connectivity index (χ1) is 14.7. The van der Waals surface area contributed by atoms with Gasteiger partial charge in [-0.1, -0.05) is 60.2 Å². The number of aliphatic hydroxyl groups excluding tert-OH is 1. The third-order valence-electron chi connectivity index (χ3n) is 5.53. The summed E-state index contributed by atoms with van der Waals surface area (Å²) in [6.45, 7) is 4.16. The highest BCUT2D eigenvalue weighted by Crippen LogP contribution is 2.38. The van der Waals surface area contributed by atoms with Crippen LogP contribution in [-0.2, 0) is 6.61 Å². The van der Waals surface area contributed by atoms with Crippen molar-refractivity contribution in [1.82, 2.24) is 5.32 Å². The number of ether oxygens (including phenoxy) is 1. The average Bonchev–Trinajstić information content (AvgIpc) is 2.92. The molecule has 0 bridgehead atoms. The van der Waals surface area contributed by atoms with Gasteiger partial charge >= 0.3 is 0 Å². The van der Waals surface area contributed by atoms with Crippen LogP contribution in [0, 0.1) is 6.92 Å². The maximum Gasteiger partial charge on any atom is 0.123 e. The monoisotopic (exact) mass is 419 g/mol. The third-order valence-corrected chi connectivity index (χ3v) is 6.67. The number of thioether (sulfide) groups is 1. The quantitative estimate of drug-likeness (QED) is 0.391. The number of nitrogens with one attached hydrogen (secondary N) is 1. The van der Waals surface area contributed by atoms with Gasteiger partial charge in [0.1, 0.15) is 12.4 Å². The molecule has 0 aliphatic carbocycles. The Labute approximate surface area is 183 Å². The lowest BCUT2D eigenvalue weighted by atomic mass is 9.86. The number of hydrogen-bond acceptors (Lipinski definition) is 4. The molecule has 3 aromatic carbocycles. The topological polar surface area (TPSA) is 41.5 Å². The SMILES string of the molecule is Cc1cccc(SCC(O)CNCCC2c3ccccc3COc3ccccc32)c1. The van der Waals surface area contributed by atoms with Gasteiger partial charge in [-0.05, 0) is 49.2 Å². The number of fused-ring (bicyclic) bond motifs is 2. The molecule has 4 rings (SSSR count). The average molecular weight is 420 g/mol. The summed E-state index contributed by atoms with van der Waals surface area (Å²) in [5.41, 5.74) is 5.11. The maximum absolute atomic E-state index is 10.4. The second-order valence-electron chi connectivity index (χ2n) is 7.85. The Morgan fingerprint density at radius 3 is 2.70 bits per heavy atom. The molecule has 0 aromatic heterocycles. The molecule has 1 aliphatic rings. The van der Waals surface area contributed by atoms with Crippen molar-refractivity contribution in [3.05, 3.63) is 95.1 Å². The van der Waals surface area contributed by atoms with E-state index in [2.05, 4.69) is 79.0 Å². The smallest absolute Gasteiger partial charge is 0.123 e. The molecular weight excluding hydrogens is 390 g/mol. The first-order valence-electron chi connectivity index (χ1n) is 10.6. The minimum absolute atomic E-state index is 0.297. The van der Waals surface area contributed by atoms with E-state index in [0.717, 1.165) is 18.7 Å². The molecule has 0 radical (unpaired) electrons. The lowest BCUT2D eigenvalue weighted by Gasteiger charge is -2.20. The van der Waals surface area contributed by atoms with Gasteiger partial charge in [0.05, 0.1) is 6.10 Å². The van der Waals surface area contributed by atoms with E-state index >= 15 is 0 Å². The standard InChI is InChI=1S/C26H29NO2S/c1-19-7-6-9-22(15-19)30-18-21(28)16-27-14-13-24-23-10-3-2-8-20(23)17-29-26-12-5-4-11-25(24)26/h2-12,15,21,24,27-28H,13-14,16-18H2,1H3. The summed E-state index contributed by atoms with van der Waals surface area (Å²) in [7, 11) is 0. The van der Waals surface area contributed by atoms with Crippen LogP contribution in [0.1, 0.15) is 34.6 Å². The Kier molecular flexibility index (Phi) is 7.11. The molecule has 3 aromatic rings. The number of aryl methyl sites for hydroxylation is 1. The molecule has 4 heteroatoms. The van der Waals surface area contributed by atoms with Crippen molar-refractivity contribution in [3.8, 4) is 5.75 Å². The highest BCUT2D eigenvalue weighted by atomic mass is 32.2. The molecule has 2 unspecified atom stereocenters. The normalized spacial score (nSPS) is 16.1. The van der Waals surface area contributed by atoms with Crippen LogP contribution in [0.4, 0.5) is 0 Å². The molecule has 0 saturated carbocycles. The number of para-hydroxylation sites is 1. The van der Waals surface area contributed by atoms with E-state index in [9.17, 15) is 5.11 Å². The fourth-order valence-corrected chi connectivity index (χ4v) is 4.96. The molecule has 3 nitrogen and oxygen atoms in total. The number of benzene rings is 3. The number of hydrogen-bond donors (Lipinski definition) is 2. The van der Waals surface area contributed by atoms with E-state index in [1.165, 1.54) is 27.1 Å². The van der Waals surface area contributed by atoms with Crippen LogP contribution >= 0.6 is 11.8 Å². The fourth-order valence-electron chi connectivity index (χ4n) is 4.01. The van der Waals surface area contributed by atoms with Crippen LogP contribution in [0.15, 0.2) is 77.7 Å². The Hall–Kier alpha value is -2.27. The predicted octanol–water partition coefficient (Wildman–Crippen LogP) is 5.15. The van der Waals surface area contributed by atoms with Crippen molar-refractivity contribution in [1.29, 1.82) is 0 Å². The Morgan fingerprint density at radius 1 is 1.03 bits per heavy atom. The summed E-state index contributed by atoms with van der Waals surface area (Å²) < 4.78 is 6.07. The minimum atomic E-state index is -0.368. The van der Waals surface area contributed by atoms with Crippen molar-refractivity contribution >= 4 is 11.8 Å². The van der Waals surface area contributed by atoms with Gasteiger partial charge in [-0.25, -0.2) is 0 Å². The van der Waals surface area contributed by atoms with E-state index in [-0.39, 0.29) is 6.10 Å². The van der Waals surface area contributed by atoms with Crippen molar-refractivity contribution in [2.24, 2.45) is 0 Å². The first kappa shape index (κ1) is 21.0. The highest BCUT2D eigenvalue weighted by Gasteiger charge is 2.23. The maximum atomic E-state index is 10.4. The zero-order valence-electron chi connectivity index (χ0n) is 17.4. The summed E-state index contributed by atoms with van der Waals surface area (Å²) in [5.74, 6) is 1.97. The summed E-state index contributed by atoms with van der Waals surface area (Å²) in [5, 5.41) is 13.8. The lowest BCUT2D eigenvalue weighted by Crippen LogP contribution is -2.30. The molecule has 0 amide bonds. The van der Waals surface area contributed by atoms with Crippen molar-refractivity contribution < 1.29 is 9.84 Å². The van der Waals surface area contributed by atoms with Gasteiger partial charge < -0.3 is 15.2 Å². The predicted molar refractivity (Wildman–Crippen MR) is 124 cm³/mol. The molecule has 0 fully saturated rings. The summed E-state index contributed by atoms with van der Waals surface area (Å²) in [6.07, 6.45) is 0.599. The zero-order chi connectivity index (χ0) is 20.8. The van der Waals surface area contributed by atoms with Gasteiger partial charge in [-0.3, -0.25) is 0 Å². The molecule has 1 heterocycles. The molecule has 1 aliphatic heterocycles. The molecule has 2 N–H and O–H groups in total.